The maximum absolute atomic E-state index is 13.6. The van der Waals surface area contributed by atoms with Crippen LogP contribution in [0.25, 0.3) is 5.76 Å². The smallest absolute Gasteiger partial charge is 0.295 e. The molecular weight excluding hydrogens is 548 g/mol. The number of morpholine rings is 1. The number of ketones is 1. The molecular formula is C34H38N2O7. The molecule has 1 N–H and O–H groups in total. The van der Waals surface area contributed by atoms with E-state index in [9.17, 15) is 14.7 Å². The molecule has 3 aromatic carbocycles. The van der Waals surface area contributed by atoms with Gasteiger partial charge in [-0.05, 0) is 60.9 Å². The summed E-state index contributed by atoms with van der Waals surface area (Å²) in [5.41, 5.74) is 2.88. The Balaban J connectivity index is 1.52. The van der Waals surface area contributed by atoms with E-state index in [1.807, 2.05) is 56.3 Å². The Hall–Kier alpha value is -4.34. The number of hydrogen-bond acceptors (Lipinski definition) is 8. The lowest BCUT2D eigenvalue weighted by Crippen LogP contribution is -2.42. The molecule has 2 aliphatic heterocycles. The second kappa shape index (κ2) is 13.8. The van der Waals surface area contributed by atoms with Gasteiger partial charge < -0.3 is 29.0 Å². The first-order valence-corrected chi connectivity index (χ1v) is 14.6. The number of amides is 1. The lowest BCUT2D eigenvalue weighted by atomic mass is 9.93. The first-order chi connectivity index (χ1) is 20.9. The van der Waals surface area contributed by atoms with Gasteiger partial charge in [-0.2, -0.15) is 0 Å². The average Bonchev–Trinajstić information content (AvgIpc) is 3.28. The van der Waals surface area contributed by atoms with Crippen molar-refractivity contribution in [2.45, 2.75) is 26.5 Å². The number of methoxy groups -OCH3 is 1. The van der Waals surface area contributed by atoms with Crippen LogP contribution in [0, 0.1) is 6.92 Å². The van der Waals surface area contributed by atoms with E-state index in [-0.39, 0.29) is 11.3 Å². The van der Waals surface area contributed by atoms with Crippen LogP contribution in [0.5, 0.6) is 17.2 Å². The standard InChI is InChI=1S/C34H38N2O7/c1-4-42-26-11-12-27(23(2)20-26)32(37)30-31(36(34(39)33(30)38)15-14-35-16-18-41-19-17-35)25-10-13-28(29(21-25)40-3)43-22-24-8-6-5-7-9-24/h5-13,20-21,31,37H,4,14-19,22H2,1-3H3/b32-30+. The van der Waals surface area contributed by atoms with Crippen molar-refractivity contribution in [3.05, 3.63) is 94.6 Å². The SMILES string of the molecule is CCOc1ccc(/C(O)=C2\C(=O)C(=O)N(CCN3CCOCC3)C2c2ccc(OCc3ccccc3)c(OC)c2)c(C)c1. The Morgan fingerprint density at radius 2 is 1.72 bits per heavy atom. The predicted octanol–water partition coefficient (Wildman–Crippen LogP) is 4.74. The molecule has 1 amide bonds. The third-order valence-corrected chi connectivity index (χ3v) is 7.81. The van der Waals surface area contributed by atoms with Gasteiger partial charge in [-0.1, -0.05) is 36.4 Å². The zero-order chi connectivity index (χ0) is 30.3. The molecule has 43 heavy (non-hydrogen) atoms. The third-order valence-electron chi connectivity index (χ3n) is 7.81. The minimum absolute atomic E-state index is 0.0410. The number of carbonyl (C=O) groups is 2. The third kappa shape index (κ3) is 6.68. The Kier molecular flexibility index (Phi) is 9.64. The van der Waals surface area contributed by atoms with E-state index < -0.39 is 17.7 Å². The number of benzene rings is 3. The highest BCUT2D eigenvalue weighted by Crippen LogP contribution is 2.42. The number of Topliss-reactive ketones (excluding diaryl/α,β-unsaturated/α-hetero) is 1. The molecule has 2 fully saturated rings. The zero-order valence-corrected chi connectivity index (χ0v) is 24.9. The number of nitrogens with zero attached hydrogens (tertiary/aromatic N) is 2. The summed E-state index contributed by atoms with van der Waals surface area (Å²) in [5.74, 6) is 0.0658. The Bertz CT molecular complexity index is 1480. The van der Waals surface area contributed by atoms with Crippen LogP contribution >= 0.6 is 0 Å². The molecule has 2 saturated heterocycles. The lowest BCUT2D eigenvalue weighted by Gasteiger charge is -2.31. The molecule has 1 atom stereocenters. The summed E-state index contributed by atoms with van der Waals surface area (Å²) in [6, 6.07) is 19.6. The van der Waals surface area contributed by atoms with Crippen molar-refractivity contribution in [1.29, 1.82) is 0 Å². The highest BCUT2D eigenvalue weighted by molar-refractivity contribution is 6.46. The number of likely N-dealkylation sites (tertiary alicyclic amines) is 1. The fraction of sp³-hybridized carbons (Fsp3) is 0.353. The van der Waals surface area contributed by atoms with Gasteiger partial charge in [0, 0.05) is 31.7 Å². The number of ether oxygens (including phenoxy) is 4. The van der Waals surface area contributed by atoms with Crippen molar-refractivity contribution < 1.29 is 33.6 Å². The molecule has 0 spiro atoms. The summed E-state index contributed by atoms with van der Waals surface area (Å²) in [5, 5.41) is 11.6. The maximum atomic E-state index is 13.6. The van der Waals surface area contributed by atoms with E-state index in [0.717, 1.165) is 24.2 Å². The molecule has 0 saturated carbocycles. The Labute approximate surface area is 252 Å². The van der Waals surface area contributed by atoms with Crippen molar-refractivity contribution in [3.63, 3.8) is 0 Å². The normalized spacial score (nSPS) is 18.6. The monoisotopic (exact) mass is 586 g/mol. The second-order valence-corrected chi connectivity index (χ2v) is 10.5. The number of carbonyl (C=O) groups excluding carboxylic acids is 2. The molecule has 2 aliphatic rings. The molecule has 9 heteroatoms. The number of aryl methyl sites for hydroxylation is 1. The Morgan fingerprint density at radius 1 is 0.953 bits per heavy atom. The molecule has 1 unspecified atom stereocenters. The van der Waals surface area contributed by atoms with Crippen LogP contribution in [0.4, 0.5) is 0 Å². The van der Waals surface area contributed by atoms with Crippen molar-refractivity contribution in [1.82, 2.24) is 9.80 Å². The zero-order valence-electron chi connectivity index (χ0n) is 24.9. The van der Waals surface area contributed by atoms with E-state index in [0.29, 0.717) is 67.9 Å². The maximum Gasteiger partial charge on any atom is 0.295 e. The Morgan fingerprint density at radius 3 is 2.42 bits per heavy atom. The van der Waals surface area contributed by atoms with Gasteiger partial charge in [-0.3, -0.25) is 14.5 Å². The van der Waals surface area contributed by atoms with Gasteiger partial charge in [0.1, 0.15) is 18.1 Å². The molecule has 5 rings (SSSR count). The van der Waals surface area contributed by atoms with Crippen LogP contribution in [0.2, 0.25) is 0 Å². The summed E-state index contributed by atoms with van der Waals surface area (Å²) in [4.78, 5) is 30.9. The van der Waals surface area contributed by atoms with Crippen molar-refractivity contribution in [2.24, 2.45) is 0 Å². The average molecular weight is 587 g/mol. The predicted molar refractivity (Wildman–Crippen MR) is 162 cm³/mol. The quantitative estimate of drug-likeness (QED) is 0.196. The molecule has 0 radical (unpaired) electrons. The highest BCUT2D eigenvalue weighted by Gasteiger charge is 2.46. The van der Waals surface area contributed by atoms with Gasteiger partial charge in [0.05, 0.1) is 38.5 Å². The fourth-order valence-electron chi connectivity index (χ4n) is 5.54. The number of rotatable bonds is 11. The summed E-state index contributed by atoms with van der Waals surface area (Å²) < 4.78 is 22.8. The highest BCUT2D eigenvalue weighted by atomic mass is 16.5. The van der Waals surface area contributed by atoms with Crippen LogP contribution in [0.3, 0.4) is 0 Å². The van der Waals surface area contributed by atoms with Gasteiger partial charge in [0.15, 0.2) is 11.5 Å². The van der Waals surface area contributed by atoms with Gasteiger partial charge >= 0.3 is 0 Å². The lowest BCUT2D eigenvalue weighted by molar-refractivity contribution is -0.140. The minimum atomic E-state index is -0.816. The van der Waals surface area contributed by atoms with E-state index in [1.165, 1.54) is 0 Å². The molecule has 3 aromatic rings. The van der Waals surface area contributed by atoms with Crippen molar-refractivity contribution in [2.75, 3.05) is 53.1 Å². The minimum Gasteiger partial charge on any atom is -0.507 e. The summed E-state index contributed by atoms with van der Waals surface area (Å²) in [6.45, 7) is 8.23. The molecule has 0 bridgehead atoms. The van der Waals surface area contributed by atoms with Gasteiger partial charge in [-0.25, -0.2) is 0 Å². The van der Waals surface area contributed by atoms with E-state index in [4.69, 9.17) is 18.9 Å². The van der Waals surface area contributed by atoms with Gasteiger partial charge in [0.2, 0.25) is 0 Å². The van der Waals surface area contributed by atoms with E-state index in [2.05, 4.69) is 4.90 Å². The second-order valence-electron chi connectivity index (χ2n) is 10.5. The number of aliphatic hydroxyl groups excluding tert-OH is 1. The summed E-state index contributed by atoms with van der Waals surface area (Å²) in [7, 11) is 1.55. The van der Waals surface area contributed by atoms with Crippen LogP contribution in [0.15, 0.2) is 72.3 Å². The molecule has 226 valence electrons. The number of aliphatic hydroxyl groups is 1. The van der Waals surface area contributed by atoms with Crippen LogP contribution in [-0.2, 0) is 20.9 Å². The molecule has 0 aromatic heterocycles. The molecule has 9 nitrogen and oxygen atoms in total. The van der Waals surface area contributed by atoms with Crippen LogP contribution < -0.4 is 14.2 Å². The molecule has 0 aliphatic carbocycles. The van der Waals surface area contributed by atoms with E-state index >= 15 is 0 Å². The number of hydrogen-bond donors (Lipinski definition) is 1. The molecule has 2 heterocycles. The van der Waals surface area contributed by atoms with Crippen LogP contribution in [-0.4, -0.2) is 79.7 Å². The topological polar surface area (TPSA) is 97.8 Å². The largest absolute Gasteiger partial charge is 0.507 e. The van der Waals surface area contributed by atoms with Crippen LogP contribution in [0.1, 0.15) is 35.2 Å². The first-order valence-electron chi connectivity index (χ1n) is 14.6. The van der Waals surface area contributed by atoms with Gasteiger partial charge in [-0.15, -0.1) is 0 Å². The summed E-state index contributed by atoms with van der Waals surface area (Å²) in [6.07, 6.45) is 0. The van der Waals surface area contributed by atoms with Gasteiger partial charge in [0.25, 0.3) is 11.7 Å². The fourth-order valence-corrected chi connectivity index (χ4v) is 5.54. The van der Waals surface area contributed by atoms with Crippen molar-refractivity contribution in [3.8, 4) is 17.2 Å². The first kappa shape index (κ1) is 30.1. The van der Waals surface area contributed by atoms with Crippen molar-refractivity contribution >= 4 is 17.4 Å². The van der Waals surface area contributed by atoms with E-state index in [1.54, 1.807) is 36.3 Å². The summed E-state index contributed by atoms with van der Waals surface area (Å²) >= 11 is 0.